The van der Waals surface area contributed by atoms with Crippen LogP contribution in [0.1, 0.15) is 75.4 Å². The Bertz CT molecular complexity index is 2900. The van der Waals surface area contributed by atoms with Crippen molar-refractivity contribution in [2.45, 2.75) is 107 Å². The van der Waals surface area contributed by atoms with E-state index in [0.29, 0.717) is 31.7 Å². The molecule has 0 aliphatic heterocycles. The van der Waals surface area contributed by atoms with E-state index >= 15 is 8.78 Å². The van der Waals surface area contributed by atoms with Crippen LogP contribution in [0.15, 0.2) is 58.7 Å². The lowest BCUT2D eigenvalue weighted by Crippen LogP contribution is -2.36. The highest BCUT2D eigenvalue weighted by Gasteiger charge is 2.67. The number of anilines is 1. The van der Waals surface area contributed by atoms with E-state index in [-0.39, 0.29) is 80.8 Å². The third kappa shape index (κ3) is 10.2. The van der Waals surface area contributed by atoms with Gasteiger partial charge in [0.2, 0.25) is 15.9 Å². The summed E-state index contributed by atoms with van der Waals surface area (Å²) in [6, 6.07) is 6.83. The van der Waals surface area contributed by atoms with Crippen LogP contribution in [0.5, 0.6) is 0 Å². The highest BCUT2D eigenvalue weighted by Crippen LogP contribution is 2.62. The molecule has 67 heavy (non-hydrogen) atoms. The van der Waals surface area contributed by atoms with Gasteiger partial charge in [0.1, 0.15) is 30.4 Å². The fourth-order valence-electron chi connectivity index (χ4n) is 8.84. The zero-order chi connectivity index (χ0) is 48.5. The number of carbonyl (C=O) groups is 1. The molecule has 4 aliphatic rings. The molecule has 362 valence electrons. The van der Waals surface area contributed by atoms with Gasteiger partial charge in [-0.2, -0.15) is 13.9 Å². The van der Waals surface area contributed by atoms with Gasteiger partial charge in [0, 0.05) is 34.4 Å². The zero-order valence-electron chi connectivity index (χ0n) is 36.0. The number of allylic oxidation sites excluding steroid dienone is 2. The van der Waals surface area contributed by atoms with Crippen molar-refractivity contribution in [1.82, 2.24) is 20.1 Å². The first-order valence-corrected chi connectivity index (χ1v) is 25.1. The highest BCUT2D eigenvalue weighted by molar-refractivity contribution is 7.93. The van der Waals surface area contributed by atoms with Crippen LogP contribution in [0.3, 0.4) is 0 Å². The molecule has 8 rings (SSSR count). The van der Waals surface area contributed by atoms with Gasteiger partial charge in [0.25, 0.3) is 18.8 Å². The maximum Gasteiger partial charge on any atom is 0.292 e. The predicted octanol–water partition coefficient (Wildman–Crippen LogP) is 8.34. The van der Waals surface area contributed by atoms with Crippen molar-refractivity contribution in [2.75, 3.05) is 17.0 Å². The number of nitrogens with zero attached hydrogens (tertiary/aromatic N) is 4. The van der Waals surface area contributed by atoms with E-state index < -0.39 is 121 Å². The standard InChI is InChI=1S/C44H46ClF8N7O5S2/c1-43(2,67(64,65)26-6-7-26)12-11-25-5-8-27(28-9-10-31(45)36-39(28)60(19-33(48)49)58-42(36)59-66(62,63)20-21-3-4-21)38(56-25)32(15-22-13-23(46)16-24(47)14-22)57-34(61)18-55-40-35(37(54)41(50)51)29-17-30(29)44(40,52)53/h5,8-10,13-14,16,21,26,29-30,32-33,41H,3-4,6-7,11-12,15,17-20,54H2,1-2H3,(H,57,61)(H,58,59)/t29-,30+,32-/m0/s1. The molecule has 23 heteroatoms. The van der Waals surface area contributed by atoms with Crippen molar-refractivity contribution >= 4 is 59.8 Å². The molecular weight excluding hydrogens is 958 g/mol. The molecule has 0 spiro atoms. The van der Waals surface area contributed by atoms with Crippen LogP contribution in [-0.2, 0) is 44.0 Å². The number of alkyl halides is 6. The second kappa shape index (κ2) is 17.9. The molecule has 4 saturated carbocycles. The lowest BCUT2D eigenvalue weighted by Gasteiger charge is -2.26. The quantitative estimate of drug-likeness (QED) is 0.0785. The lowest BCUT2D eigenvalue weighted by molar-refractivity contribution is -0.120. The van der Waals surface area contributed by atoms with E-state index in [4.69, 9.17) is 22.3 Å². The molecule has 2 aromatic heterocycles. The maximum absolute atomic E-state index is 15.4. The second-order valence-electron chi connectivity index (χ2n) is 18.3. The van der Waals surface area contributed by atoms with Gasteiger partial charge in [0.15, 0.2) is 15.7 Å². The Morgan fingerprint density at radius 2 is 1.67 bits per heavy atom. The van der Waals surface area contributed by atoms with Crippen molar-refractivity contribution in [3.05, 3.63) is 87.3 Å². The fourth-order valence-corrected chi connectivity index (χ4v) is 12.6. The van der Waals surface area contributed by atoms with Crippen LogP contribution in [-0.4, -0.2) is 84.3 Å². The van der Waals surface area contributed by atoms with Crippen LogP contribution in [0.4, 0.5) is 40.9 Å². The maximum atomic E-state index is 15.4. The van der Waals surface area contributed by atoms with E-state index in [1.54, 1.807) is 13.8 Å². The van der Waals surface area contributed by atoms with Crippen molar-refractivity contribution in [1.29, 1.82) is 0 Å². The average molecular weight is 1000 g/mol. The number of pyridine rings is 1. The summed E-state index contributed by atoms with van der Waals surface area (Å²) in [5, 5.41) is 6.20. The summed E-state index contributed by atoms with van der Waals surface area (Å²) in [6.45, 7) is 1.05. The summed E-state index contributed by atoms with van der Waals surface area (Å²) >= 11 is 6.68. The van der Waals surface area contributed by atoms with Gasteiger partial charge in [-0.15, -0.1) is 0 Å². The minimum Gasteiger partial charge on any atom is -0.397 e. The summed E-state index contributed by atoms with van der Waals surface area (Å²) in [5.41, 5.74) is 3.04. The number of sulfone groups is 1. The summed E-state index contributed by atoms with van der Waals surface area (Å²) in [6.07, 6.45) is -4.38. The molecule has 4 aliphatic carbocycles. The fraction of sp³-hybridized carbons (Fsp3) is 0.500. The van der Waals surface area contributed by atoms with Crippen molar-refractivity contribution in [3.8, 4) is 11.1 Å². The Labute approximate surface area is 385 Å². The Hall–Kier alpha value is -4.83. The number of rotatable bonds is 19. The molecule has 2 heterocycles. The molecule has 0 unspecified atom stereocenters. The van der Waals surface area contributed by atoms with E-state index in [9.17, 15) is 48.0 Å². The second-order valence-corrected chi connectivity index (χ2v) is 23.4. The molecule has 0 saturated heterocycles. The van der Waals surface area contributed by atoms with E-state index in [1.165, 1.54) is 24.3 Å². The number of benzene rings is 2. The van der Waals surface area contributed by atoms with E-state index in [0.717, 1.165) is 16.8 Å². The highest BCUT2D eigenvalue weighted by atomic mass is 35.5. The number of nitrogens with one attached hydrogen (secondary N) is 2. The Morgan fingerprint density at radius 3 is 2.30 bits per heavy atom. The van der Waals surface area contributed by atoms with Crippen LogP contribution in [0.25, 0.3) is 22.0 Å². The van der Waals surface area contributed by atoms with Gasteiger partial charge in [-0.25, -0.2) is 43.2 Å². The number of halogens is 9. The molecule has 1 amide bonds. The van der Waals surface area contributed by atoms with Crippen LogP contribution < -0.4 is 15.8 Å². The number of carbonyl (C=O) groups excluding carboxylic acids is 1. The first kappa shape index (κ1) is 48.6. The molecule has 4 N–H and O–H groups in total. The first-order valence-electron chi connectivity index (χ1n) is 21.5. The number of aryl methyl sites for hydroxylation is 1. The first-order chi connectivity index (χ1) is 31.4. The third-order valence-corrected chi connectivity index (χ3v) is 17.5. The molecule has 3 atom stereocenters. The van der Waals surface area contributed by atoms with Crippen molar-refractivity contribution in [2.24, 2.45) is 28.5 Å². The Kier molecular flexibility index (Phi) is 13.0. The molecule has 12 nitrogen and oxygen atoms in total. The van der Waals surface area contributed by atoms with E-state index in [2.05, 4.69) is 20.1 Å². The number of hydrogen-bond donors (Lipinski definition) is 3. The van der Waals surface area contributed by atoms with Gasteiger partial charge >= 0.3 is 0 Å². The number of sulfonamides is 1. The molecule has 0 bridgehead atoms. The van der Waals surface area contributed by atoms with Gasteiger partial charge in [-0.3, -0.25) is 24.2 Å². The van der Waals surface area contributed by atoms with Crippen LogP contribution in [0, 0.1) is 29.4 Å². The SMILES string of the molecule is CC(C)(CCc1ccc(-c2ccc(Cl)c3c(NS(=O)(=O)CC4CC4)nn(CC(F)F)c23)c([C@H](Cc2cc(F)cc(F)c2)NC(=O)CN=C2C(=C(N)C(F)F)[C@H]3C[C@H]3C2(F)F)n1)S(=O)(=O)C1CC1. The zero-order valence-corrected chi connectivity index (χ0v) is 38.4. The van der Waals surface area contributed by atoms with Crippen molar-refractivity contribution in [3.63, 3.8) is 0 Å². The molecule has 2 aromatic carbocycles. The predicted molar refractivity (Wildman–Crippen MR) is 235 cm³/mol. The summed E-state index contributed by atoms with van der Waals surface area (Å²) in [7, 11) is -7.64. The van der Waals surface area contributed by atoms with Crippen molar-refractivity contribution < 1.29 is 56.8 Å². The lowest BCUT2D eigenvalue weighted by atomic mass is 9.93. The monoisotopic (exact) mass is 1000 g/mol. The Balaban J connectivity index is 1.27. The number of aromatic nitrogens is 3. The van der Waals surface area contributed by atoms with Crippen LogP contribution in [0.2, 0.25) is 5.02 Å². The summed E-state index contributed by atoms with van der Waals surface area (Å²) in [5.74, 6) is -9.80. The number of hydrogen-bond acceptors (Lipinski definition) is 9. The average Bonchev–Trinajstić information content (AvgIpc) is 4.11. The largest absolute Gasteiger partial charge is 0.397 e. The van der Waals surface area contributed by atoms with Gasteiger partial charge < -0.3 is 11.1 Å². The molecule has 4 fully saturated rings. The normalized spacial score (nSPS) is 21.3. The van der Waals surface area contributed by atoms with Crippen LogP contribution >= 0.6 is 11.6 Å². The summed E-state index contributed by atoms with van der Waals surface area (Å²) < 4.78 is 172. The molecule has 4 aromatic rings. The number of amides is 1. The topological polar surface area (TPSA) is 178 Å². The minimum atomic E-state index is -4.06. The van der Waals surface area contributed by atoms with Gasteiger partial charge in [0.05, 0.1) is 49.1 Å². The smallest absolute Gasteiger partial charge is 0.292 e. The minimum absolute atomic E-state index is 0.0273. The number of nitrogens with two attached hydrogens (primary N) is 1. The van der Waals surface area contributed by atoms with Gasteiger partial charge in [-0.05, 0) is 107 Å². The van der Waals surface area contributed by atoms with E-state index in [1.807, 2.05) is 0 Å². The molecule has 0 radical (unpaired) electrons. The third-order valence-electron chi connectivity index (χ3n) is 12.7. The summed E-state index contributed by atoms with van der Waals surface area (Å²) in [4.78, 5) is 22.6. The van der Waals surface area contributed by atoms with Gasteiger partial charge in [-0.1, -0.05) is 23.7 Å². The number of aliphatic imine (C=N–C) groups is 1. The Morgan fingerprint density at radius 1 is 1.00 bits per heavy atom. The number of fused-ring (bicyclic) bond motifs is 2. The molecular formula is C44H46ClF8N7O5S2.